The highest BCUT2D eigenvalue weighted by molar-refractivity contribution is 5.28. The van der Waals surface area contributed by atoms with Gasteiger partial charge in [-0.2, -0.15) is 0 Å². The normalized spacial score (nSPS) is 17.3. The second kappa shape index (κ2) is 7.90. The lowest BCUT2D eigenvalue weighted by Crippen LogP contribution is -2.23. The van der Waals surface area contributed by atoms with E-state index in [9.17, 15) is 0 Å². The molecule has 0 radical (unpaired) electrons. The van der Waals surface area contributed by atoms with Gasteiger partial charge in [-0.3, -0.25) is 4.90 Å². The van der Waals surface area contributed by atoms with Crippen molar-refractivity contribution in [2.24, 2.45) is 0 Å². The van der Waals surface area contributed by atoms with E-state index < -0.39 is 0 Å². The van der Waals surface area contributed by atoms with Crippen LogP contribution in [0.15, 0.2) is 54.7 Å². The van der Waals surface area contributed by atoms with Gasteiger partial charge in [-0.25, -0.2) is 4.68 Å². The van der Waals surface area contributed by atoms with E-state index in [1.807, 2.05) is 29.1 Å². The summed E-state index contributed by atoms with van der Waals surface area (Å²) in [4.78, 5) is 2.30. The van der Waals surface area contributed by atoms with Gasteiger partial charge in [0, 0.05) is 13.1 Å². The third-order valence-electron chi connectivity index (χ3n) is 4.74. The van der Waals surface area contributed by atoms with Crippen molar-refractivity contribution < 1.29 is 9.47 Å². The maximum atomic E-state index is 5.94. The molecule has 1 aliphatic heterocycles. The zero-order chi connectivity index (χ0) is 18.6. The van der Waals surface area contributed by atoms with E-state index in [0.717, 1.165) is 30.1 Å². The molecule has 0 aliphatic carbocycles. The summed E-state index contributed by atoms with van der Waals surface area (Å²) in [6, 6.07) is 16.6. The molecule has 0 bridgehead atoms. The van der Waals surface area contributed by atoms with Crippen molar-refractivity contribution in [3.63, 3.8) is 0 Å². The molecule has 1 atom stereocenters. The summed E-state index contributed by atoms with van der Waals surface area (Å²) in [6.45, 7) is 5.20. The van der Waals surface area contributed by atoms with Crippen LogP contribution in [0.2, 0.25) is 0 Å². The van der Waals surface area contributed by atoms with Gasteiger partial charge in [-0.1, -0.05) is 47.2 Å². The molecule has 140 valence electrons. The van der Waals surface area contributed by atoms with E-state index in [4.69, 9.17) is 9.47 Å². The lowest BCUT2D eigenvalue weighted by molar-refractivity contribution is 0.0252. The van der Waals surface area contributed by atoms with Crippen LogP contribution in [0.25, 0.3) is 0 Å². The van der Waals surface area contributed by atoms with Crippen LogP contribution < -0.4 is 4.74 Å². The second-order valence-corrected chi connectivity index (χ2v) is 6.88. The van der Waals surface area contributed by atoms with Crippen molar-refractivity contribution in [2.45, 2.75) is 26.2 Å². The summed E-state index contributed by atoms with van der Waals surface area (Å²) in [7, 11) is 1.67. The molecule has 0 amide bonds. The van der Waals surface area contributed by atoms with Crippen LogP contribution in [0.1, 0.15) is 28.6 Å². The predicted molar refractivity (Wildman–Crippen MR) is 102 cm³/mol. The first kappa shape index (κ1) is 17.7. The van der Waals surface area contributed by atoms with E-state index in [1.54, 1.807) is 7.11 Å². The molecule has 27 heavy (non-hydrogen) atoms. The Morgan fingerprint density at radius 2 is 1.93 bits per heavy atom. The van der Waals surface area contributed by atoms with Crippen LogP contribution in [0.4, 0.5) is 0 Å². The van der Waals surface area contributed by atoms with Crippen molar-refractivity contribution in [2.75, 3.05) is 20.3 Å². The third kappa shape index (κ3) is 4.18. The Balaban J connectivity index is 1.46. The molecule has 2 aromatic carbocycles. The fourth-order valence-electron chi connectivity index (χ4n) is 3.45. The molecule has 2 heterocycles. The van der Waals surface area contributed by atoms with E-state index in [0.29, 0.717) is 13.2 Å². The Morgan fingerprint density at radius 1 is 1.11 bits per heavy atom. The Hall–Kier alpha value is -2.70. The standard InChI is InChI=1S/C21H24N4O2/c1-16-5-3-6-17(11-16)13-24-9-10-27-21(24)20-15-25(23-22-20)14-18-7-4-8-19(12-18)26-2/h3-8,11-12,15,21H,9-10,13-14H2,1-2H3/t21-/m0/s1. The highest BCUT2D eigenvalue weighted by atomic mass is 16.5. The van der Waals surface area contributed by atoms with Gasteiger partial charge >= 0.3 is 0 Å². The Bertz CT molecular complexity index is 908. The number of rotatable bonds is 6. The first-order valence-electron chi connectivity index (χ1n) is 9.15. The van der Waals surface area contributed by atoms with E-state index in [2.05, 4.69) is 52.5 Å². The summed E-state index contributed by atoms with van der Waals surface area (Å²) >= 11 is 0. The monoisotopic (exact) mass is 364 g/mol. The quantitative estimate of drug-likeness (QED) is 0.672. The van der Waals surface area contributed by atoms with E-state index in [1.165, 1.54) is 11.1 Å². The number of aromatic nitrogens is 3. The predicted octanol–water partition coefficient (Wildman–Crippen LogP) is 3.17. The molecule has 1 fully saturated rings. The zero-order valence-corrected chi connectivity index (χ0v) is 15.7. The van der Waals surface area contributed by atoms with Crippen LogP contribution in [0.3, 0.4) is 0 Å². The van der Waals surface area contributed by atoms with Crippen molar-refractivity contribution in [3.8, 4) is 5.75 Å². The number of hydrogen-bond acceptors (Lipinski definition) is 5. The van der Waals surface area contributed by atoms with Gasteiger partial charge in [0.2, 0.25) is 0 Å². The fraction of sp³-hybridized carbons (Fsp3) is 0.333. The minimum absolute atomic E-state index is 0.149. The summed E-state index contributed by atoms with van der Waals surface area (Å²) in [6.07, 6.45) is 1.82. The van der Waals surface area contributed by atoms with Gasteiger partial charge in [0.25, 0.3) is 0 Å². The Labute approximate surface area is 159 Å². The molecule has 1 saturated heterocycles. The van der Waals surface area contributed by atoms with Gasteiger partial charge in [0.1, 0.15) is 11.4 Å². The third-order valence-corrected chi connectivity index (χ3v) is 4.74. The molecular weight excluding hydrogens is 340 g/mol. The largest absolute Gasteiger partial charge is 0.497 e. The van der Waals surface area contributed by atoms with Gasteiger partial charge < -0.3 is 9.47 Å². The molecule has 6 nitrogen and oxygen atoms in total. The molecule has 1 aliphatic rings. The number of methoxy groups -OCH3 is 1. The average Bonchev–Trinajstić information content (AvgIpc) is 3.31. The van der Waals surface area contributed by atoms with Crippen molar-refractivity contribution in [1.82, 2.24) is 19.9 Å². The number of hydrogen-bond donors (Lipinski definition) is 0. The summed E-state index contributed by atoms with van der Waals surface area (Å²) < 4.78 is 13.1. The Kier molecular flexibility index (Phi) is 5.18. The van der Waals surface area contributed by atoms with Crippen LogP contribution in [0, 0.1) is 6.92 Å². The van der Waals surface area contributed by atoms with Gasteiger partial charge in [-0.15, -0.1) is 5.10 Å². The van der Waals surface area contributed by atoms with Crippen molar-refractivity contribution in [3.05, 3.63) is 77.1 Å². The topological polar surface area (TPSA) is 52.4 Å². The summed E-state index contributed by atoms with van der Waals surface area (Å²) in [5.41, 5.74) is 4.53. The smallest absolute Gasteiger partial charge is 0.157 e. The first-order valence-corrected chi connectivity index (χ1v) is 9.15. The minimum Gasteiger partial charge on any atom is -0.497 e. The molecule has 6 heteroatoms. The molecular formula is C21H24N4O2. The molecule has 0 N–H and O–H groups in total. The van der Waals surface area contributed by atoms with Crippen LogP contribution in [-0.4, -0.2) is 40.2 Å². The molecule has 1 aromatic heterocycles. The average molecular weight is 364 g/mol. The number of benzene rings is 2. The molecule has 0 unspecified atom stereocenters. The molecule has 0 saturated carbocycles. The summed E-state index contributed by atoms with van der Waals surface area (Å²) in [5, 5.41) is 8.65. The van der Waals surface area contributed by atoms with E-state index >= 15 is 0 Å². The van der Waals surface area contributed by atoms with Gasteiger partial charge in [0.05, 0.1) is 26.5 Å². The maximum absolute atomic E-state index is 5.94. The van der Waals surface area contributed by atoms with Gasteiger partial charge in [0.15, 0.2) is 6.23 Å². The second-order valence-electron chi connectivity index (χ2n) is 6.88. The summed E-state index contributed by atoms with van der Waals surface area (Å²) in [5.74, 6) is 0.844. The van der Waals surface area contributed by atoms with Crippen LogP contribution >= 0.6 is 0 Å². The maximum Gasteiger partial charge on any atom is 0.157 e. The van der Waals surface area contributed by atoms with Crippen molar-refractivity contribution >= 4 is 0 Å². The van der Waals surface area contributed by atoms with Crippen LogP contribution in [-0.2, 0) is 17.8 Å². The SMILES string of the molecule is COc1cccc(Cn2cc([C@@H]3OCCN3Cc3cccc(C)c3)nn2)c1. The number of nitrogens with zero attached hydrogens (tertiary/aromatic N) is 4. The molecule has 4 rings (SSSR count). The molecule has 3 aromatic rings. The highest BCUT2D eigenvalue weighted by Crippen LogP contribution is 2.27. The minimum atomic E-state index is -0.149. The zero-order valence-electron chi connectivity index (χ0n) is 15.7. The Morgan fingerprint density at radius 3 is 2.74 bits per heavy atom. The van der Waals surface area contributed by atoms with Gasteiger partial charge in [-0.05, 0) is 30.2 Å². The fourth-order valence-corrected chi connectivity index (χ4v) is 3.45. The lowest BCUT2D eigenvalue weighted by Gasteiger charge is -2.21. The first-order chi connectivity index (χ1) is 13.2. The van der Waals surface area contributed by atoms with Crippen LogP contribution in [0.5, 0.6) is 5.75 Å². The number of aryl methyl sites for hydroxylation is 1. The lowest BCUT2D eigenvalue weighted by atomic mass is 10.1. The highest BCUT2D eigenvalue weighted by Gasteiger charge is 2.29. The molecule has 0 spiro atoms. The van der Waals surface area contributed by atoms with E-state index in [-0.39, 0.29) is 6.23 Å². The van der Waals surface area contributed by atoms with Crippen molar-refractivity contribution in [1.29, 1.82) is 0 Å². The number of ether oxygens (including phenoxy) is 2.